The van der Waals surface area contributed by atoms with Gasteiger partial charge < -0.3 is 19.1 Å². The molecule has 1 fully saturated rings. The summed E-state index contributed by atoms with van der Waals surface area (Å²) < 4.78 is 40.7. The van der Waals surface area contributed by atoms with E-state index in [2.05, 4.69) is 31.2 Å². The third-order valence-electron chi connectivity index (χ3n) is 10.3. The van der Waals surface area contributed by atoms with Crippen molar-refractivity contribution in [3.63, 3.8) is 0 Å². The fourth-order valence-electron chi connectivity index (χ4n) is 7.55. The van der Waals surface area contributed by atoms with Crippen LogP contribution >= 0.6 is 11.6 Å². The Morgan fingerprint density at radius 1 is 1.06 bits per heavy atom. The Balaban J connectivity index is 1.44. The zero-order valence-electron chi connectivity index (χ0n) is 29.4. The molecule has 13 heteroatoms. The number of hydrogen-bond acceptors (Lipinski definition) is 8. The maximum atomic E-state index is 14.6. The molecule has 11 nitrogen and oxygen atoms in total. The van der Waals surface area contributed by atoms with Crippen LogP contribution in [0.4, 0.5) is 5.69 Å². The van der Waals surface area contributed by atoms with E-state index in [-0.39, 0.29) is 34.8 Å². The summed E-state index contributed by atoms with van der Waals surface area (Å²) in [5, 5.41) is 4.87. The third-order valence-corrected chi connectivity index (χ3v) is 12.5. The highest BCUT2D eigenvalue weighted by Gasteiger charge is 2.39. The second kappa shape index (κ2) is 15.7. The predicted molar refractivity (Wildman–Crippen MR) is 194 cm³/mol. The number of halogens is 1. The number of carbonyl (C=O) groups excluding carboxylic acids is 2. The van der Waals surface area contributed by atoms with Crippen LogP contribution in [0.5, 0.6) is 11.6 Å². The van der Waals surface area contributed by atoms with Crippen LogP contribution in [-0.4, -0.2) is 65.0 Å². The summed E-state index contributed by atoms with van der Waals surface area (Å²) in [6.07, 6.45) is 8.95. The van der Waals surface area contributed by atoms with Gasteiger partial charge in [0, 0.05) is 44.0 Å². The summed E-state index contributed by atoms with van der Waals surface area (Å²) in [5.74, 6) is 0.152. The van der Waals surface area contributed by atoms with E-state index in [1.54, 1.807) is 26.3 Å². The van der Waals surface area contributed by atoms with Crippen molar-refractivity contribution in [2.75, 3.05) is 38.0 Å². The number of aromatic nitrogens is 2. The maximum Gasteiger partial charge on any atom is 0.286 e. The highest BCUT2D eigenvalue weighted by Crippen LogP contribution is 2.43. The van der Waals surface area contributed by atoms with Gasteiger partial charge in [0.2, 0.25) is 5.88 Å². The Bertz CT molecular complexity index is 1840. The molecule has 1 N–H and O–H groups in total. The smallest absolute Gasteiger partial charge is 0.286 e. The Morgan fingerprint density at radius 3 is 2.66 bits per heavy atom. The number of rotatable bonds is 4. The molecule has 3 aromatic rings. The zero-order chi connectivity index (χ0) is 35.4. The molecular weight excluding hydrogens is 678 g/mol. The number of aryl methyl sites for hydroxylation is 2. The van der Waals surface area contributed by atoms with Gasteiger partial charge in [-0.15, -0.1) is 9.46 Å². The van der Waals surface area contributed by atoms with E-state index in [4.69, 9.17) is 25.8 Å². The minimum atomic E-state index is -3.57. The number of nitrogens with one attached hydrogen (secondary N) is 1. The fraction of sp³-hybridized carbons (Fsp3) is 0.541. The van der Waals surface area contributed by atoms with Gasteiger partial charge in [-0.1, -0.05) is 31.0 Å². The normalized spacial score (nSPS) is 26.2. The van der Waals surface area contributed by atoms with Gasteiger partial charge in [-0.25, -0.2) is 4.21 Å². The Morgan fingerprint density at radius 2 is 1.90 bits per heavy atom. The largest absolute Gasteiger partial charge is 0.491 e. The molecule has 2 aromatic carbocycles. The Kier molecular flexibility index (Phi) is 11.4. The molecule has 0 unspecified atom stereocenters. The lowest BCUT2D eigenvalue weighted by Gasteiger charge is -2.44. The molecule has 50 heavy (non-hydrogen) atoms. The number of carbonyl (C=O) groups is 2. The van der Waals surface area contributed by atoms with Crippen molar-refractivity contribution < 1.29 is 28.0 Å². The molecule has 5 atom stereocenters. The van der Waals surface area contributed by atoms with Crippen molar-refractivity contribution in [1.82, 2.24) is 14.5 Å². The molecule has 2 aliphatic heterocycles. The number of amides is 2. The van der Waals surface area contributed by atoms with Gasteiger partial charge in [0.1, 0.15) is 21.2 Å². The zero-order valence-corrected chi connectivity index (χ0v) is 30.9. The lowest BCUT2D eigenvalue weighted by atomic mass is 9.69. The summed E-state index contributed by atoms with van der Waals surface area (Å²) in [7, 11) is 1.30. The number of fused-ring (bicyclic) bond motifs is 3. The van der Waals surface area contributed by atoms with Crippen LogP contribution in [0.1, 0.15) is 83.7 Å². The van der Waals surface area contributed by atoms with Crippen LogP contribution in [0.3, 0.4) is 0 Å². The Hall–Kier alpha value is -3.61. The van der Waals surface area contributed by atoms with Crippen LogP contribution in [0.25, 0.3) is 0 Å². The van der Waals surface area contributed by atoms with E-state index in [1.807, 2.05) is 19.1 Å². The predicted octanol–water partition coefficient (Wildman–Crippen LogP) is 6.62. The standard InChI is InChI=1S/C37H48ClN5O6S/c1-24-8-7-10-33(47-3)30-15-12-28(30)21-43-20-27-11-14-29(38)18-25(27)9-5-6-17-49-34-16-13-26(19-32(34)43)35(44)40-50(46,23-24)41-36(45)31-22-42(2)39-37(31)48-4/h11,13-14,16,18-19,22,24,28,30,33H,5-10,12,15,17,20-21,23H2,1-4H3,(H,40,41,44,45,46)/t24-,28-,30+,33-,50-/m0/s1. The highest BCUT2D eigenvalue weighted by molar-refractivity contribution is 7.92. The van der Waals surface area contributed by atoms with Crippen molar-refractivity contribution >= 4 is 39.0 Å². The summed E-state index contributed by atoms with van der Waals surface area (Å²) >= 11 is 6.47. The second-order valence-electron chi connectivity index (χ2n) is 14.0. The van der Waals surface area contributed by atoms with Gasteiger partial charge in [0.05, 0.1) is 31.3 Å². The monoisotopic (exact) mass is 725 g/mol. The van der Waals surface area contributed by atoms with Gasteiger partial charge in [-0.05, 0) is 104 Å². The second-order valence-corrected chi connectivity index (χ2v) is 16.4. The van der Waals surface area contributed by atoms with Gasteiger partial charge in [-0.3, -0.25) is 19.0 Å². The van der Waals surface area contributed by atoms with Crippen LogP contribution in [0.15, 0.2) is 47.0 Å². The van der Waals surface area contributed by atoms with Crippen LogP contribution in [0, 0.1) is 17.8 Å². The van der Waals surface area contributed by atoms with E-state index in [1.165, 1.54) is 29.1 Å². The molecule has 270 valence electrons. The van der Waals surface area contributed by atoms with Crippen LogP contribution < -0.4 is 19.1 Å². The molecule has 1 aliphatic carbocycles. The van der Waals surface area contributed by atoms with Crippen molar-refractivity contribution in [2.24, 2.45) is 29.2 Å². The number of nitrogens with zero attached hydrogens (tertiary/aromatic N) is 4. The Labute approximate surface area is 300 Å². The highest BCUT2D eigenvalue weighted by atomic mass is 35.5. The van der Waals surface area contributed by atoms with Crippen molar-refractivity contribution in [3.8, 4) is 11.6 Å². The molecule has 6 rings (SSSR count). The van der Waals surface area contributed by atoms with Crippen molar-refractivity contribution in [1.29, 1.82) is 0 Å². The van der Waals surface area contributed by atoms with Crippen LogP contribution in [0.2, 0.25) is 5.02 Å². The lowest BCUT2D eigenvalue weighted by molar-refractivity contribution is -0.0222. The number of benzene rings is 2. The minimum absolute atomic E-state index is 0.0102. The van der Waals surface area contributed by atoms with Gasteiger partial charge in [0.25, 0.3) is 11.8 Å². The first kappa shape index (κ1) is 36.2. The average Bonchev–Trinajstić information content (AvgIpc) is 3.45. The van der Waals surface area contributed by atoms with E-state index in [9.17, 15) is 13.8 Å². The first-order valence-electron chi connectivity index (χ1n) is 17.6. The first-order valence-corrected chi connectivity index (χ1v) is 19.6. The quantitative estimate of drug-likeness (QED) is 0.319. The number of methoxy groups -OCH3 is 2. The number of anilines is 1. The average molecular weight is 726 g/mol. The van der Waals surface area contributed by atoms with Crippen molar-refractivity contribution in [2.45, 2.75) is 70.9 Å². The van der Waals surface area contributed by atoms with E-state index in [0.29, 0.717) is 35.8 Å². The molecule has 0 saturated heterocycles. The summed E-state index contributed by atoms with van der Waals surface area (Å²) in [4.78, 5) is 29.8. The van der Waals surface area contributed by atoms with Gasteiger partial charge in [-0.2, -0.15) is 0 Å². The van der Waals surface area contributed by atoms with Crippen LogP contribution in [-0.2, 0) is 34.7 Å². The fourth-order valence-corrected chi connectivity index (χ4v) is 9.66. The molecule has 3 aliphatic rings. The minimum Gasteiger partial charge on any atom is -0.491 e. The molecule has 3 heterocycles. The number of hydrogen-bond donors (Lipinski definition) is 1. The molecule has 1 aromatic heterocycles. The first-order chi connectivity index (χ1) is 24.1. The third kappa shape index (κ3) is 8.29. The van der Waals surface area contributed by atoms with Gasteiger partial charge in [0.15, 0.2) is 0 Å². The summed E-state index contributed by atoms with van der Waals surface area (Å²) in [5.41, 5.74) is 3.55. The molecule has 1 saturated carbocycles. The molecule has 0 spiro atoms. The SMILES string of the molecule is COc1nn(C)cc1C(=O)N[S@@]1(=O)=NC(=O)c2ccc3c(c2)N(Cc2ccc(Cl)cc2CCCCO3)C[C@@H]2CC[C@H]2[C@@H](OC)CCC[C@H](C)C1. The molecule has 2 bridgehead atoms. The van der Waals surface area contributed by atoms with E-state index in [0.717, 1.165) is 63.6 Å². The topological polar surface area (TPSA) is 124 Å². The molecule has 0 radical (unpaired) electrons. The van der Waals surface area contributed by atoms with E-state index >= 15 is 0 Å². The maximum absolute atomic E-state index is 14.6. The number of ether oxygens (including phenoxy) is 3. The molecule has 2 amide bonds. The van der Waals surface area contributed by atoms with Gasteiger partial charge >= 0.3 is 0 Å². The van der Waals surface area contributed by atoms with E-state index < -0.39 is 21.7 Å². The molecular formula is C37H48ClN5O6S. The summed E-state index contributed by atoms with van der Waals surface area (Å²) in [6.45, 7) is 3.87. The van der Waals surface area contributed by atoms with Crippen molar-refractivity contribution in [3.05, 3.63) is 69.9 Å². The lowest BCUT2D eigenvalue weighted by Crippen LogP contribution is -2.44. The summed E-state index contributed by atoms with van der Waals surface area (Å²) in [6, 6.07) is 11.4.